The molecule has 0 aromatic heterocycles. The van der Waals surface area contributed by atoms with Gasteiger partial charge in [-0.1, -0.05) is 0 Å². The van der Waals surface area contributed by atoms with Gasteiger partial charge in [0.1, 0.15) is 6.04 Å². The lowest BCUT2D eigenvalue weighted by Crippen LogP contribution is -2.58. The van der Waals surface area contributed by atoms with Gasteiger partial charge in [0, 0.05) is 39.8 Å². The van der Waals surface area contributed by atoms with Crippen molar-refractivity contribution in [1.29, 1.82) is 0 Å². The van der Waals surface area contributed by atoms with Crippen LogP contribution in [0.2, 0.25) is 0 Å². The summed E-state index contributed by atoms with van der Waals surface area (Å²) in [6.07, 6.45) is -1.58. The normalized spacial score (nSPS) is 23.7. The molecule has 0 radical (unpaired) electrons. The van der Waals surface area contributed by atoms with Crippen LogP contribution in [0.15, 0.2) is 4.99 Å². The molecule has 0 bridgehead atoms. The molecule has 5 nitrogen and oxygen atoms in total. The summed E-state index contributed by atoms with van der Waals surface area (Å²) in [7, 11) is 1.65. The van der Waals surface area contributed by atoms with Gasteiger partial charge in [-0.25, -0.2) is 0 Å². The molecule has 136 valence electrons. The Morgan fingerprint density at radius 3 is 2.22 bits per heavy atom. The largest absolute Gasteiger partial charge is 0.403 e. The molecule has 1 atom stereocenters. The van der Waals surface area contributed by atoms with Crippen LogP contribution < -0.4 is 5.32 Å². The minimum Gasteiger partial charge on any atom is -0.388 e. The van der Waals surface area contributed by atoms with E-state index in [1.807, 2.05) is 4.90 Å². The van der Waals surface area contributed by atoms with Crippen LogP contribution >= 0.6 is 24.0 Å². The van der Waals surface area contributed by atoms with Gasteiger partial charge < -0.3 is 15.3 Å². The number of guanidine groups is 1. The Bertz CT molecular complexity index is 407. The molecule has 0 amide bonds. The second-order valence-corrected chi connectivity index (χ2v) is 6.22. The van der Waals surface area contributed by atoms with Crippen molar-refractivity contribution in [3.8, 4) is 0 Å². The third-order valence-electron chi connectivity index (χ3n) is 4.71. The minimum atomic E-state index is -4.18. The molecule has 23 heavy (non-hydrogen) atoms. The molecule has 1 saturated heterocycles. The van der Waals surface area contributed by atoms with E-state index in [0.29, 0.717) is 38.7 Å². The molecule has 1 heterocycles. The lowest BCUT2D eigenvalue weighted by molar-refractivity contribution is -0.181. The highest BCUT2D eigenvalue weighted by Crippen LogP contribution is 2.30. The van der Waals surface area contributed by atoms with Crippen molar-refractivity contribution in [2.45, 2.75) is 44.0 Å². The molecule has 1 unspecified atom stereocenters. The Morgan fingerprint density at radius 2 is 1.83 bits per heavy atom. The van der Waals surface area contributed by atoms with E-state index in [1.165, 1.54) is 11.8 Å². The van der Waals surface area contributed by atoms with E-state index in [0.717, 1.165) is 19.3 Å². The average Bonchev–Trinajstić information content (AvgIpc) is 2.45. The maximum atomic E-state index is 12.7. The lowest BCUT2D eigenvalue weighted by atomic mass is 9.80. The Hall–Kier alpha value is -0.290. The van der Waals surface area contributed by atoms with E-state index in [4.69, 9.17) is 0 Å². The van der Waals surface area contributed by atoms with Crippen molar-refractivity contribution in [3.63, 3.8) is 0 Å². The van der Waals surface area contributed by atoms with Crippen LogP contribution in [-0.2, 0) is 0 Å². The first kappa shape index (κ1) is 20.8. The number of nitrogens with zero attached hydrogens (tertiary/aromatic N) is 3. The van der Waals surface area contributed by atoms with E-state index in [1.54, 1.807) is 7.05 Å². The van der Waals surface area contributed by atoms with Crippen molar-refractivity contribution in [2.75, 3.05) is 39.8 Å². The molecule has 9 heteroatoms. The summed E-state index contributed by atoms with van der Waals surface area (Å²) in [5, 5.41) is 13.2. The van der Waals surface area contributed by atoms with Crippen molar-refractivity contribution in [3.05, 3.63) is 0 Å². The minimum absolute atomic E-state index is 0. The van der Waals surface area contributed by atoms with Gasteiger partial charge >= 0.3 is 6.18 Å². The van der Waals surface area contributed by atoms with E-state index < -0.39 is 17.8 Å². The molecular formula is C14H26F3IN4O. The van der Waals surface area contributed by atoms with Crippen molar-refractivity contribution in [1.82, 2.24) is 15.1 Å². The number of aliphatic hydroxyl groups is 1. The van der Waals surface area contributed by atoms with Crippen LogP contribution in [0.1, 0.15) is 26.2 Å². The number of aliphatic imine (C=N–C) groups is 1. The van der Waals surface area contributed by atoms with Crippen LogP contribution in [0.4, 0.5) is 13.2 Å². The smallest absolute Gasteiger partial charge is 0.388 e. The van der Waals surface area contributed by atoms with Crippen LogP contribution in [0, 0.1) is 0 Å². The van der Waals surface area contributed by atoms with E-state index in [2.05, 4.69) is 10.3 Å². The van der Waals surface area contributed by atoms with E-state index >= 15 is 0 Å². The summed E-state index contributed by atoms with van der Waals surface area (Å²) in [5.41, 5.74) is -0.650. The number of halogens is 4. The zero-order chi connectivity index (χ0) is 16.4. The number of alkyl halides is 3. The van der Waals surface area contributed by atoms with Crippen molar-refractivity contribution < 1.29 is 18.3 Å². The molecule has 2 rings (SSSR count). The molecule has 2 fully saturated rings. The van der Waals surface area contributed by atoms with Crippen LogP contribution in [0.3, 0.4) is 0 Å². The zero-order valence-electron chi connectivity index (χ0n) is 13.6. The Morgan fingerprint density at radius 1 is 1.26 bits per heavy atom. The molecule has 2 aliphatic rings. The number of piperazine rings is 1. The van der Waals surface area contributed by atoms with E-state index in [9.17, 15) is 18.3 Å². The molecule has 2 N–H and O–H groups in total. The predicted molar refractivity (Wildman–Crippen MR) is 94.2 cm³/mol. The quantitative estimate of drug-likeness (QED) is 0.390. The first-order valence-electron chi connectivity index (χ1n) is 7.74. The summed E-state index contributed by atoms with van der Waals surface area (Å²) < 4.78 is 38.2. The zero-order valence-corrected chi connectivity index (χ0v) is 15.9. The third kappa shape index (κ3) is 5.35. The number of nitrogens with one attached hydrogen (secondary N) is 1. The highest BCUT2D eigenvalue weighted by atomic mass is 127. The maximum absolute atomic E-state index is 12.7. The van der Waals surface area contributed by atoms with Gasteiger partial charge in [-0.3, -0.25) is 9.89 Å². The highest BCUT2D eigenvalue weighted by molar-refractivity contribution is 14.0. The monoisotopic (exact) mass is 450 g/mol. The second-order valence-electron chi connectivity index (χ2n) is 6.22. The number of hydrogen-bond donors (Lipinski definition) is 2. The lowest BCUT2D eigenvalue weighted by Gasteiger charge is -2.41. The Labute approximate surface area is 152 Å². The second kappa shape index (κ2) is 8.19. The van der Waals surface area contributed by atoms with Gasteiger partial charge in [0.15, 0.2) is 5.96 Å². The SMILES string of the molecule is CN=C(NCC1(O)CCC1)N1CCN(C(C)C(F)(F)F)CC1.I. The average molecular weight is 450 g/mol. The molecule has 1 saturated carbocycles. The van der Waals surface area contributed by atoms with Crippen LogP contribution in [0.5, 0.6) is 0 Å². The highest BCUT2D eigenvalue weighted by Gasteiger charge is 2.41. The Kier molecular flexibility index (Phi) is 7.39. The van der Waals surface area contributed by atoms with Gasteiger partial charge in [-0.05, 0) is 26.2 Å². The first-order valence-corrected chi connectivity index (χ1v) is 7.74. The summed E-state index contributed by atoms with van der Waals surface area (Å²) in [4.78, 5) is 7.57. The standard InChI is InChI=1S/C14H25F3N4O.HI/c1-11(14(15,16)17)20-6-8-21(9-7-20)12(18-2)19-10-13(22)4-3-5-13;/h11,22H,3-10H2,1-2H3,(H,18,19);1H. The molecule has 0 aromatic carbocycles. The molecule has 1 aliphatic carbocycles. The van der Waals surface area contributed by atoms with Gasteiger partial charge in [0.2, 0.25) is 0 Å². The maximum Gasteiger partial charge on any atom is 0.403 e. The van der Waals surface area contributed by atoms with Crippen LogP contribution in [0.25, 0.3) is 0 Å². The predicted octanol–water partition coefficient (Wildman–Crippen LogP) is 1.66. The molecule has 0 spiro atoms. The number of hydrogen-bond acceptors (Lipinski definition) is 3. The topological polar surface area (TPSA) is 51.1 Å². The van der Waals surface area contributed by atoms with Crippen molar-refractivity contribution in [2.24, 2.45) is 4.99 Å². The molecule has 1 aliphatic heterocycles. The van der Waals surface area contributed by atoms with Crippen molar-refractivity contribution >= 4 is 29.9 Å². The molecular weight excluding hydrogens is 424 g/mol. The summed E-state index contributed by atoms with van der Waals surface area (Å²) >= 11 is 0. The summed E-state index contributed by atoms with van der Waals surface area (Å²) in [5.74, 6) is 0.652. The summed E-state index contributed by atoms with van der Waals surface area (Å²) in [6, 6.07) is -1.42. The van der Waals surface area contributed by atoms with Gasteiger partial charge in [0.25, 0.3) is 0 Å². The van der Waals surface area contributed by atoms with Gasteiger partial charge in [-0.15, -0.1) is 24.0 Å². The van der Waals surface area contributed by atoms with Gasteiger partial charge in [-0.2, -0.15) is 13.2 Å². The number of rotatable bonds is 3. The van der Waals surface area contributed by atoms with E-state index in [-0.39, 0.29) is 24.0 Å². The summed E-state index contributed by atoms with van der Waals surface area (Å²) in [6.45, 7) is 3.35. The first-order chi connectivity index (χ1) is 10.2. The fourth-order valence-corrected chi connectivity index (χ4v) is 2.87. The fraction of sp³-hybridized carbons (Fsp3) is 0.929. The Balaban J connectivity index is 0.00000264. The van der Waals surface area contributed by atoms with Gasteiger partial charge in [0.05, 0.1) is 5.60 Å². The fourth-order valence-electron chi connectivity index (χ4n) is 2.87. The van der Waals surface area contributed by atoms with Crippen LogP contribution in [-0.4, -0.2) is 78.5 Å². The molecule has 0 aromatic rings. The third-order valence-corrected chi connectivity index (χ3v) is 4.71.